The third-order valence-electron chi connectivity index (χ3n) is 3.52. The van der Waals surface area contributed by atoms with E-state index in [9.17, 15) is 13.2 Å². The Labute approximate surface area is 151 Å². The number of nitrogens with one attached hydrogen (secondary N) is 1. The third kappa shape index (κ3) is 4.44. The van der Waals surface area contributed by atoms with Crippen LogP contribution in [0.4, 0.5) is 0 Å². The number of methoxy groups -OCH3 is 2. The molecule has 0 aliphatic rings. The van der Waals surface area contributed by atoms with Crippen molar-refractivity contribution in [2.75, 3.05) is 14.2 Å². The molecule has 2 aromatic rings. The van der Waals surface area contributed by atoms with Crippen LogP contribution in [-0.4, -0.2) is 39.2 Å². The first-order valence-corrected chi connectivity index (χ1v) is 9.07. The summed E-state index contributed by atoms with van der Waals surface area (Å²) in [4.78, 5) is 11.5. The first-order chi connectivity index (χ1) is 12.4. The van der Waals surface area contributed by atoms with Crippen LogP contribution in [0.3, 0.4) is 0 Å². The van der Waals surface area contributed by atoms with Crippen molar-refractivity contribution in [2.24, 2.45) is 0 Å². The Balaban J connectivity index is 2.42. The summed E-state index contributed by atoms with van der Waals surface area (Å²) in [6.45, 7) is 0. The van der Waals surface area contributed by atoms with Gasteiger partial charge >= 0.3 is 0 Å². The summed E-state index contributed by atoms with van der Waals surface area (Å²) in [5.74, 6) is -0.0407. The maximum absolute atomic E-state index is 13.0. The average Bonchev–Trinajstić information content (AvgIpc) is 2.67. The molecular weight excluding hydrogens is 362 g/mol. The Morgan fingerprint density at radius 3 is 2.31 bits per heavy atom. The van der Waals surface area contributed by atoms with Crippen LogP contribution in [0.5, 0.6) is 17.2 Å². The molecule has 0 aliphatic heterocycles. The number of ether oxygens (including phenoxy) is 3. The zero-order valence-electron chi connectivity index (χ0n) is 14.2. The molecule has 2 rings (SSSR count). The molecule has 1 unspecified atom stereocenters. The molecule has 140 valence electrons. The van der Waals surface area contributed by atoms with Gasteiger partial charge < -0.3 is 14.2 Å². The van der Waals surface area contributed by atoms with Gasteiger partial charge in [0.1, 0.15) is 5.75 Å². The number of hydroxylamine groups is 1. The van der Waals surface area contributed by atoms with Gasteiger partial charge in [0.2, 0.25) is 21.2 Å². The van der Waals surface area contributed by atoms with Gasteiger partial charge in [-0.2, -0.15) is 0 Å². The second-order valence-corrected chi connectivity index (χ2v) is 7.25. The van der Waals surface area contributed by atoms with Gasteiger partial charge in [-0.1, -0.05) is 18.2 Å². The highest BCUT2D eigenvalue weighted by Gasteiger charge is 2.32. The Kier molecular flexibility index (Phi) is 6.42. The van der Waals surface area contributed by atoms with Crippen LogP contribution >= 0.6 is 0 Å². The van der Waals surface area contributed by atoms with Crippen molar-refractivity contribution in [3.05, 3.63) is 48.5 Å². The molecule has 0 heterocycles. The molecule has 0 radical (unpaired) electrons. The predicted octanol–water partition coefficient (Wildman–Crippen LogP) is 1.78. The van der Waals surface area contributed by atoms with Crippen molar-refractivity contribution in [3.8, 4) is 17.2 Å². The summed E-state index contributed by atoms with van der Waals surface area (Å²) >= 11 is 0. The number of sulfone groups is 1. The van der Waals surface area contributed by atoms with E-state index in [1.165, 1.54) is 37.9 Å². The summed E-state index contributed by atoms with van der Waals surface area (Å²) in [6, 6.07) is 12.3. The van der Waals surface area contributed by atoms with Crippen molar-refractivity contribution >= 4 is 15.7 Å². The standard InChI is InChI=1S/C17H19NO7S/c1-23-14-9-8-13(10-15(14)24-2)26(21,22)17(11-16(19)18-20)25-12-6-4-3-5-7-12/h3-10,17,20H,11H2,1-2H3,(H,18,19). The monoisotopic (exact) mass is 381 g/mol. The highest BCUT2D eigenvalue weighted by molar-refractivity contribution is 7.92. The maximum Gasteiger partial charge on any atom is 0.248 e. The van der Waals surface area contributed by atoms with Gasteiger partial charge in [-0.05, 0) is 24.3 Å². The van der Waals surface area contributed by atoms with Crippen molar-refractivity contribution in [3.63, 3.8) is 0 Å². The SMILES string of the molecule is COc1ccc(S(=O)(=O)C(CC(=O)NO)Oc2ccccc2)cc1OC. The van der Waals surface area contributed by atoms with Crippen LogP contribution in [0.1, 0.15) is 6.42 Å². The van der Waals surface area contributed by atoms with Gasteiger partial charge in [0.25, 0.3) is 0 Å². The van der Waals surface area contributed by atoms with E-state index in [4.69, 9.17) is 19.4 Å². The molecule has 2 N–H and O–H groups in total. The molecule has 1 amide bonds. The first kappa shape index (κ1) is 19.5. The number of amides is 1. The van der Waals surface area contributed by atoms with Crippen LogP contribution in [-0.2, 0) is 14.6 Å². The highest BCUT2D eigenvalue weighted by atomic mass is 32.2. The highest BCUT2D eigenvalue weighted by Crippen LogP contribution is 2.32. The molecule has 0 fully saturated rings. The Morgan fingerprint density at radius 1 is 1.08 bits per heavy atom. The summed E-state index contributed by atoms with van der Waals surface area (Å²) in [7, 11) is -1.28. The maximum atomic E-state index is 13.0. The van der Waals surface area contributed by atoms with Crippen molar-refractivity contribution in [1.82, 2.24) is 5.48 Å². The van der Waals surface area contributed by atoms with E-state index < -0.39 is 27.6 Å². The Bertz CT molecular complexity index is 853. The fourth-order valence-electron chi connectivity index (χ4n) is 2.21. The zero-order valence-corrected chi connectivity index (χ0v) is 15.0. The number of hydrogen-bond donors (Lipinski definition) is 2. The number of hydrogen-bond acceptors (Lipinski definition) is 7. The first-order valence-electron chi connectivity index (χ1n) is 7.53. The molecule has 26 heavy (non-hydrogen) atoms. The van der Waals surface area contributed by atoms with Crippen molar-refractivity contribution < 1.29 is 32.6 Å². The van der Waals surface area contributed by atoms with Gasteiger partial charge in [0.15, 0.2) is 11.5 Å². The van der Waals surface area contributed by atoms with Gasteiger partial charge in [-0.3, -0.25) is 10.0 Å². The topological polar surface area (TPSA) is 111 Å². The van der Waals surface area contributed by atoms with E-state index in [2.05, 4.69) is 0 Å². The van der Waals surface area contributed by atoms with E-state index in [-0.39, 0.29) is 16.4 Å². The van der Waals surface area contributed by atoms with E-state index >= 15 is 0 Å². The lowest BCUT2D eigenvalue weighted by molar-refractivity contribution is -0.130. The van der Waals surface area contributed by atoms with Gasteiger partial charge in [-0.15, -0.1) is 0 Å². The van der Waals surface area contributed by atoms with Crippen LogP contribution in [0.15, 0.2) is 53.4 Å². The number of para-hydroxylation sites is 1. The predicted molar refractivity (Wildman–Crippen MR) is 92.1 cm³/mol. The molecule has 0 saturated carbocycles. The summed E-state index contributed by atoms with van der Waals surface area (Å²) in [5.41, 5.74) is -0.129. The minimum atomic E-state index is -4.09. The molecule has 0 aliphatic carbocycles. The van der Waals surface area contributed by atoms with E-state index in [1.54, 1.807) is 30.3 Å². The quantitative estimate of drug-likeness (QED) is 0.529. The molecule has 8 nitrogen and oxygen atoms in total. The second-order valence-electron chi connectivity index (χ2n) is 5.16. The molecule has 2 aromatic carbocycles. The molecule has 0 spiro atoms. The lowest BCUT2D eigenvalue weighted by atomic mass is 10.3. The summed E-state index contributed by atoms with van der Waals surface area (Å²) in [6.07, 6.45) is -0.595. The minimum Gasteiger partial charge on any atom is -0.493 e. The smallest absolute Gasteiger partial charge is 0.248 e. The van der Waals surface area contributed by atoms with Crippen molar-refractivity contribution in [1.29, 1.82) is 0 Å². The van der Waals surface area contributed by atoms with Gasteiger partial charge in [0, 0.05) is 6.07 Å². The Hall–Kier alpha value is -2.78. The van der Waals surface area contributed by atoms with Crippen LogP contribution in [0.25, 0.3) is 0 Å². The summed E-state index contributed by atoms with van der Waals surface area (Å²) < 4.78 is 41.7. The zero-order chi connectivity index (χ0) is 19.2. The lowest BCUT2D eigenvalue weighted by Crippen LogP contribution is -2.34. The van der Waals surface area contributed by atoms with Crippen LogP contribution < -0.4 is 19.7 Å². The minimum absolute atomic E-state index is 0.109. The molecule has 0 saturated heterocycles. The number of carbonyl (C=O) groups excluding carboxylic acids is 1. The molecule has 9 heteroatoms. The molecule has 1 atom stereocenters. The summed E-state index contributed by atoms with van der Waals surface area (Å²) in [5, 5.41) is 8.75. The van der Waals surface area contributed by atoms with Gasteiger partial charge in [0.05, 0.1) is 25.5 Å². The van der Waals surface area contributed by atoms with Crippen LogP contribution in [0.2, 0.25) is 0 Å². The van der Waals surface area contributed by atoms with E-state index in [0.717, 1.165) is 0 Å². The number of carbonyl (C=O) groups is 1. The Morgan fingerprint density at radius 2 is 1.73 bits per heavy atom. The molecule has 0 aromatic heterocycles. The normalized spacial score (nSPS) is 12.1. The van der Waals surface area contributed by atoms with E-state index in [0.29, 0.717) is 5.75 Å². The molecule has 0 bridgehead atoms. The number of benzene rings is 2. The fraction of sp³-hybridized carbons (Fsp3) is 0.235. The van der Waals surface area contributed by atoms with Crippen LogP contribution in [0, 0.1) is 0 Å². The second kappa shape index (κ2) is 8.54. The largest absolute Gasteiger partial charge is 0.493 e. The number of rotatable bonds is 8. The average molecular weight is 381 g/mol. The fourth-order valence-corrected chi connectivity index (χ4v) is 3.65. The van der Waals surface area contributed by atoms with Crippen molar-refractivity contribution in [2.45, 2.75) is 16.8 Å². The van der Waals surface area contributed by atoms with E-state index in [1.807, 2.05) is 0 Å². The van der Waals surface area contributed by atoms with Gasteiger partial charge in [-0.25, -0.2) is 13.9 Å². The lowest BCUT2D eigenvalue weighted by Gasteiger charge is -2.19. The third-order valence-corrected chi connectivity index (χ3v) is 5.38. The molecular formula is C17H19NO7S.